The molecule has 0 bridgehead atoms. The lowest BCUT2D eigenvalue weighted by atomic mass is 9.95. The van der Waals surface area contributed by atoms with E-state index in [0.717, 1.165) is 33.1 Å². The number of allylic oxidation sites excluding steroid dienone is 2. The van der Waals surface area contributed by atoms with E-state index in [2.05, 4.69) is 5.32 Å². The third-order valence-electron chi connectivity index (χ3n) is 4.03. The number of hydrogen-bond donors (Lipinski definition) is 1. The maximum atomic E-state index is 11.7. The SMILES string of the molecule is O=C1CC=C2OC=c3cc(Nc4ccccc4Cl)ccc3=C2C1. The molecule has 114 valence electrons. The lowest BCUT2D eigenvalue weighted by Crippen LogP contribution is -2.33. The van der Waals surface area contributed by atoms with Crippen LogP contribution in [0.1, 0.15) is 12.8 Å². The molecule has 0 saturated carbocycles. The molecule has 4 rings (SSSR count). The molecule has 0 spiro atoms. The topological polar surface area (TPSA) is 38.3 Å². The zero-order valence-electron chi connectivity index (χ0n) is 12.3. The lowest BCUT2D eigenvalue weighted by Gasteiger charge is -2.19. The molecule has 0 saturated heterocycles. The van der Waals surface area contributed by atoms with Gasteiger partial charge in [0.15, 0.2) is 0 Å². The van der Waals surface area contributed by atoms with E-state index in [0.29, 0.717) is 17.9 Å². The smallest absolute Gasteiger partial charge is 0.141 e. The van der Waals surface area contributed by atoms with Gasteiger partial charge >= 0.3 is 0 Å². The van der Waals surface area contributed by atoms with Crippen LogP contribution >= 0.6 is 11.6 Å². The molecule has 0 atom stereocenters. The predicted molar refractivity (Wildman–Crippen MR) is 91.7 cm³/mol. The fraction of sp³-hybridized carbons (Fsp3) is 0.105. The summed E-state index contributed by atoms with van der Waals surface area (Å²) in [6.07, 6.45) is 4.48. The Hall–Kier alpha value is -2.52. The summed E-state index contributed by atoms with van der Waals surface area (Å²) in [5.74, 6) is 1.03. The van der Waals surface area contributed by atoms with Crippen LogP contribution in [0.4, 0.5) is 11.4 Å². The molecule has 3 nitrogen and oxygen atoms in total. The molecule has 0 unspecified atom stereocenters. The summed E-state index contributed by atoms with van der Waals surface area (Å²) in [5, 5.41) is 5.99. The highest BCUT2D eigenvalue weighted by atomic mass is 35.5. The number of rotatable bonds is 2. The van der Waals surface area contributed by atoms with Crippen LogP contribution in [0.15, 0.2) is 54.3 Å². The standard InChI is InChI=1S/C19H14ClNO2/c20-17-3-1-2-4-18(17)21-13-5-7-15-12(9-13)11-23-19-8-6-14(22)10-16(15)19/h1-5,7-9,11,21H,6,10H2. The minimum Gasteiger partial charge on any atom is -0.464 e. The first-order valence-electron chi connectivity index (χ1n) is 7.44. The molecule has 1 aliphatic carbocycles. The van der Waals surface area contributed by atoms with Crippen LogP contribution in [0.2, 0.25) is 5.02 Å². The Kier molecular flexibility index (Phi) is 3.43. The molecule has 0 amide bonds. The van der Waals surface area contributed by atoms with Gasteiger partial charge in [-0.15, -0.1) is 0 Å². The second-order valence-electron chi connectivity index (χ2n) is 5.61. The van der Waals surface area contributed by atoms with Gasteiger partial charge < -0.3 is 10.1 Å². The molecular weight excluding hydrogens is 310 g/mol. The van der Waals surface area contributed by atoms with Gasteiger partial charge in [0.1, 0.15) is 11.5 Å². The summed E-state index contributed by atoms with van der Waals surface area (Å²) in [6.45, 7) is 0. The van der Waals surface area contributed by atoms with Gasteiger partial charge in [0.05, 0.1) is 17.0 Å². The van der Waals surface area contributed by atoms with E-state index in [1.807, 2.05) is 48.5 Å². The Morgan fingerprint density at radius 1 is 1.13 bits per heavy atom. The Morgan fingerprint density at radius 2 is 2.00 bits per heavy atom. The van der Waals surface area contributed by atoms with Gasteiger partial charge in [-0.05, 0) is 35.6 Å². The predicted octanol–water partition coefficient (Wildman–Crippen LogP) is 3.25. The molecule has 1 N–H and O–H groups in total. The summed E-state index contributed by atoms with van der Waals surface area (Å²) in [4.78, 5) is 11.7. The number of ether oxygens (including phenoxy) is 1. The number of halogens is 1. The molecule has 0 aromatic heterocycles. The van der Waals surface area contributed by atoms with Gasteiger partial charge in [0, 0.05) is 29.3 Å². The number of carbonyl (C=O) groups excluding carboxylic acids is 1. The first-order chi connectivity index (χ1) is 11.2. The molecule has 4 heteroatoms. The van der Waals surface area contributed by atoms with Crippen molar-refractivity contribution < 1.29 is 9.53 Å². The summed E-state index contributed by atoms with van der Waals surface area (Å²) in [7, 11) is 0. The van der Waals surface area contributed by atoms with Crippen LogP contribution in [0.5, 0.6) is 0 Å². The molecule has 0 fully saturated rings. The fourth-order valence-electron chi connectivity index (χ4n) is 2.89. The van der Waals surface area contributed by atoms with Crippen LogP contribution in [-0.2, 0) is 9.53 Å². The summed E-state index contributed by atoms with van der Waals surface area (Å²) in [5.41, 5.74) is 2.75. The number of benzene rings is 2. The van der Waals surface area contributed by atoms with Gasteiger partial charge in [0.2, 0.25) is 0 Å². The largest absolute Gasteiger partial charge is 0.464 e. The van der Waals surface area contributed by atoms with Crippen LogP contribution in [0.3, 0.4) is 0 Å². The van der Waals surface area contributed by atoms with Crippen molar-refractivity contribution in [2.45, 2.75) is 12.8 Å². The fourth-order valence-corrected chi connectivity index (χ4v) is 3.07. The molecule has 2 aromatic carbocycles. The van der Waals surface area contributed by atoms with Crippen molar-refractivity contribution >= 4 is 40.6 Å². The summed E-state index contributed by atoms with van der Waals surface area (Å²) < 4.78 is 5.68. The molecule has 2 aromatic rings. The van der Waals surface area contributed by atoms with E-state index in [9.17, 15) is 4.79 Å². The van der Waals surface area contributed by atoms with Crippen LogP contribution < -0.4 is 15.8 Å². The number of hydrogen-bond acceptors (Lipinski definition) is 3. The molecule has 1 heterocycles. The van der Waals surface area contributed by atoms with Crippen molar-refractivity contribution in [2.24, 2.45) is 0 Å². The van der Waals surface area contributed by atoms with E-state index in [-0.39, 0.29) is 5.78 Å². The number of carbonyl (C=O) groups is 1. The molecule has 2 aliphatic rings. The van der Waals surface area contributed by atoms with Crippen molar-refractivity contribution in [1.29, 1.82) is 0 Å². The van der Waals surface area contributed by atoms with Crippen molar-refractivity contribution in [3.63, 3.8) is 0 Å². The third-order valence-corrected chi connectivity index (χ3v) is 4.36. The Labute approximate surface area is 138 Å². The van der Waals surface area contributed by atoms with E-state index < -0.39 is 0 Å². The highest BCUT2D eigenvalue weighted by Crippen LogP contribution is 2.26. The Balaban J connectivity index is 1.77. The van der Waals surface area contributed by atoms with E-state index >= 15 is 0 Å². The van der Waals surface area contributed by atoms with E-state index in [1.54, 1.807) is 6.26 Å². The molecule has 1 aliphatic heterocycles. The maximum Gasteiger partial charge on any atom is 0.141 e. The van der Waals surface area contributed by atoms with Gasteiger partial charge in [-0.25, -0.2) is 0 Å². The Morgan fingerprint density at radius 3 is 2.87 bits per heavy atom. The molecule has 0 radical (unpaired) electrons. The zero-order valence-corrected chi connectivity index (χ0v) is 13.1. The average Bonchev–Trinajstić information content (AvgIpc) is 2.56. The van der Waals surface area contributed by atoms with Crippen LogP contribution in [0, 0.1) is 0 Å². The molecule has 23 heavy (non-hydrogen) atoms. The summed E-state index contributed by atoms with van der Waals surface area (Å²) in [6, 6.07) is 13.6. The number of Topliss-reactive ketones (excluding diaryl/α,β-unsaturated/α-hetero) is 1. The number of ketones is 1. The normalized spacial score (nSPS) is 15.8. The van der Waals surface area contributed by atoms with Crippen molar-refractivity contribution in [2.75, 3.05) is 5.32 Å². The Bertz CT molecular complexity index is 960. The van der Waals surface area contributed by atoms with Gasteiger partial charge in [-0.3, -0.25) is 4.79 Å². The number of anilines is 2. The quantitative estimate of drug-likeness (QED) is 0.922. The first kappa shape index (κ1) is 14.1. The second-order valence-corrected chi connectivity index (χ2v) is 6.02. The first-order valence-corrected chi connectivity index (χ1v) is 7.82. The van der Waals surface area contributed by atoms with Crippen LogP contribution in [-0.4, -0.2) is 5.78 Å². The van der Waals surface area contributed by atoms with Crippen molar-refractivity contribution in [1.82, 2.24) is 0 Å². The van der Waals surface area contributed by atoms with Crippen molar-refractivity contribution in [3.8, 4) is 0 Å². The zero-order chi connectivity index (χ0) is 15.8. The van der Waals surface area contributed by atoms with Gasteiger partial charge in [-0.1, -0.05) is 29.8 Å². The number of nitrogens with one attached hydrogen (secondary N) is 1. The average molecular weight is 324 g/mol. The lowest BCUT2D eigenvalue weighted by molar-refractivity contribution is -0.117. The maximum absolute atomic E-state index is 11.7. The number of fused-ring (bicyclic) bond motifs is 2. The van der Waals surface area contributed by atoms with Gasteiger partial charge in [-0.2, -0.15) is 0 Å². The highest BCUT2D eigenvalue weighted by molar-refractivity contribution is 6.33. The monoisotopic (exact) mass is 323 g/mol. The molecular formula is C19H14ClNO2. The van der Waals surface area contributed by atoms with Crippen LogP contribution in [0.25, 0.3) is 11.8 Å². The minimum atomic E-state index is 0.221. The van der Waals surface area contributed by atoms with Crippen molar-refractivity contribution in [3.05, 3.63) is 69.8 Å². The number of para-hydroxylation sites is 1. The summed E-state index contributed by atoms with van der Waals surface area (Å²) >= 11 is 6.18. The second kappa shape index (κ2) is 5.60. The minimum absolute atomic E-state index is 0.221. The highest BCUT2D eigenvalue weighted by Gasteiger charge is 2.20. The van der Waals surface area contributed by atoms with Gasteiger partial charge in [0.25, 0.3) is 0 Å². The third kappa shape index (κ3) is 2.64. The van der Waals surface area contributed by atoms with E-state index in [4.69, 9.17) is 16.3 Å². The van der Waals surface area contributed by atoms with E-state index in [1.165, 1.54) is 0 Å².